The molecule has 0 spiro atoms. The Morgan fingerprint density at radius 2 is 1.92 bits per heavy atom. The van der Waals surface area contributed by atoms with Crippen LogP contribution in [0.5, 0.6) is 0 Å². The molecule has 0 aliphatic heterocycles. The number of carboxylic acid groups (broad SMARTS) is 1. The van der Waals surface area contributed by atoms with Gasteiger partial charge in [-0.15, -0.1) is 0 Å². The number of anilines is 1. The molecule has 0 aliphatic carbocycles. The average Bonchev–Trinajstić information content (AvgIpc) is 3.03. The number of rotatable bonds is 6. The minimum absolute atomic E-state index is 0.193. The highest BCUT2D eigenvalue weighted by Gasteiger charge is 2.19. The lowest BCUT2D eigenvalue weighted by Crippen LogP contribution is -2.29. The van der Waals surface area contributed by atoms with Gasteiger partial charge in [0.15, 0.2) is 5.82 Å². The van der Waals surface area contributed by atoms with E-state index >= 15 is 0 Å². The molecule has 134 valence electrons. The number of hydrogen-bond acceptors (Lipinski definition) is 6. The first-order valence-electron chi connectivity index (χ1n) is 7.85. The number of hydrogen-bond donors (Lipinski definition) is 4. The molecule has 5 N–H and O–H groups in total. The number of nitrogen functional groups attached to an aromatic ring is 1. The first kappa shape index (κ1) is 17.1. The number of fused-ring (bicyclic) bond motifs is 1. The fourth-order valence-corrected chi connectivity index (χ4v) is 2.55. The number of carbonyl (C=O) groups excluding carboxylic acids is 1. The third kappa shape index (κ3) is 3.53. The summed E-state index contributed by atoms with van der Waals surface area (Å²) in [7, 11) is 0. The van der Waals surface area contributed by atoms with Gasteiger partial charge in [0.25, 0.3) is 5.91 Å². The zero-order chi connectivity index (χ0) is 18.5. The van der Waals surface area contributed by atoms with Crippen LogP contribution in [0.15, 0.2) is 36.9 Å². The SMILES string of the molecule is Nc1ncnn2c(-c3ccncc3)cc(C(=O)NCCCNC(=O)O)c12. The third-order valence-electron chi connectivity index (χ3n) is 3.72. The van der Waals surface area contributed by atoms with Gasteiger partial charge < -0.3 is 21.5 Å². The zero-order valence-electron chi connectivity index (χ0n) is 13.7. The maximum atomic E-state index is 12.6. The summed E-state index contributed by atoms with van der Waals surface area (Å²) in [4.78, 5) is 30.9. The van der Waals surface area contributed by atoms with E-state index in [1.54, 1.807) is 35.1 Å². The van der Waals surface area contributed by atoms with E-state index in [1.807, 2.05) is 0 Å². The summed E-state index contributed by atoms with van der Waals surface area (Å²) < 4.78 is 1.57. The van der Waals surface area contributed by atoms with E-state index < -0.39 is 6.09 Å². The molecule has 0 saturated heterocycles. The summed E-state index contributed by atoms with van der Waals surface area (Å²) >= 11 is 0. The number of pyridine rings is 1. The van der Waals surface area contributed by atoms with Crippen molar-refractivity contribution in [3.05, 3.63) is 42.5 Å². The molecule has 0 saturated carbocycles. The topological polar surface area (TPSA) is 148 Å². The van der Waals surface area contributed by atoms with Crippen LogP contribution < -0.4 is 16.4 Å². The van der Waals surface area contributed by atoms with Crippen molar-refractivity contribution in [3.63, 3.8) is 0 Å². The maximum Gasteiger partial charge on any atom is 0.404 e. The van der Waals surface area contributed by atoms with E-state index in [2.05, 4.69) is 25.7 Å². The van der Waals surface area contributed by atoms with Gasteiger partial charge in [-0.2, -0.15) is 5.10 Å². The summed E-state index contributed by atoms with van der Waals surface area (Å²) in [6.07, 6.45) is 3.99. The van der Waals surface area contributed by atoms with Crippen LogP contribution in [-0.4, -0.2) is 49.8 Å². The molecule has 10 nitrogen and oxygen atoms in total. The summed E-state index contributed by atoms with van der Waals surface area (Å²) in [5.74, 6) is -0.141. The Morgan fingerprint density at radius 1 is 1.19 bits per heavy atom. The van der Waals surface area contributed by atoms with Gasteiger partial charge >= 0.3 is 6.09 Å². The van der Waals surface area contributed by atoms with Gasteiger partial charge in [0.05, 0.1) is 11.3 Å². The molecule has 3 aromatic rings. The average molecular weight is 355 g/mol. The van der Waals surface area contributed by atoms with Crippen molar-refractivity contribution in [1.82, 2.24) is 30.2 Å². The molecule has 3 heterocycles. The summed E-state index contributed by atoms with van der Waals surface area (Å²) in [5, 5.41) is 17.7. The van der Waals surface area contributed by atoms with Crippen LogP contribution in [-0.2, 0) is 0 Å². The van der Waals surface area contributed by atoms with Crippen LogP contribution in [0.2, 0.25) is 0 Å². The number of amides is 2. The number of aromatic nitrogens is 4. The maximum absolute atomic E-state index is 12.6. The largest absolute Gasteiger partial charge is 0.465 e. The van der Waals surface area contributed by atoms with Crippen LogP contribution in [0.1, 0.15) is 16.8 Å². The van der Waals surface area contributed by atoms with Crippen LogP contribution in [0.25, 0.3) is 16.8 Å². The van der Waals surface area contributed by atoms with Crippen molar-refractivity contribution in [2.45, 2.75) is 6.42 Å². The molecular formula is C16H17N7O3. The van der Waals surface area contributed by atoms with Crippen molar-refractivity contribution in [2.75, 3.05) is 18.8 Å². The quantitative estimate of drug-likeness (QED) is 0.477. The van der Waals surface area contributed by atoms with Crippen LogP contribution in [0.3, 0.4) is 0 Å². The molecule has 0 unspecified atom stereocenters. The van der Waals surface area contributed by atoms with Gasteiger partial charge in [0, 0.05) is 31.0 Å². The summed E-state index contributed by atoms with van der Waals surface area (Å²) in [6.45, 7) is 0.564. The first-order chi connectivity index (χ1) is 12.6. The van der Waals surface area contributed by atoms with Crippen molar-refractivity contribution in [1.29, 1.82) is 0 Å². The fourth-order valence-electron chi connectivity index (χ4n) is 2.55. The van der Waals surface area contributed by atoms with E-state index in [1.165, 1.54) is 6.33 Å². The highest BCUT2D eigenvalue weighted by Crippen LogP contribution is 2.27. The van der Waals surface area contributed by atoms with Crippen molar-refractivity contribution >= 4 is 23.3 Å². The summed E-state index contributed by atoms with van der Waals surface area (Å²) in [5.41, 5.74) is 8.24. The lowest BCUT2D eigenvalue weighted by atomic mass is 10.1. The van der Waals surface area contributed by atoms with E-state index in [0.717, 1.165) is 5.56 Å². The van der Waals surface area contributed by atoms with Crippen molar-refractivity contribution < 1.29 is 14.7 Å². The van der Waals surface area contributed by atoms with E-state index in [9.17, 15) is 9.59 Å². The predicted molar refractivity (Wildman–Crippen MR) is 93.6 cm³/mol. The second-order valence-electron chi connectivity index (χ2n) is 5.43. The second kappa shape index (κ2) is 7.47. The lowest BCUT2D eigenvalue weighted by Gasteiger charge is -2.05. The van der Waals surface area contributed by atoms with Crippen molar-refractivity contribution in [3.8, 4) is 11.3 Å². The van der Waals surface area contributed by atoms with Gasteiger partial charge in [0.2, 0.25) is 0 Å². The molecule has 0 radical (unpaired) electrons. The Labute approximate surface area is 148 Å². The van der Waals surface area contributed by atoms with Gasteiger partial charge in [-0.1, -0.05) is 0 Å². The highest BCUT2D eigenvalue weighted by molar-refractivity contribution is 6.05. The van der Waals surface area contributed by atoms with E-state index in [-0.39, 0.29) is 18.3 Å². The monoisotopic (exact) mass is 355 g/mol. The van der Waals surface area contributed by atoms with E-state index in [0.29, 0.717) is 29.7 Å². The molecule has 2 amide bonds. The number of nitrogens with one attached hydrogen (secondary N) is 2. The molecule has 0 aromatic carbocycles. The minimum Gasteiger partial charge on any atom is -0.465 e. The molecule has 3 aromatic heterocycles. The lowest BCUT2D eigenvalue weighted by molar-refractivity contribution is 0.0955. The third-order valence-corrected chi connectivity index (χ3v) is 3.72. The predicted octanol–water partition coefficient (Wildman–Crippen LogP) is 0.761. The Morgan fingerprint density at radius 3 is 2.65 bits per heavy atom. The van der Waals surface area contributed by atoms with Crippen molar-refractivity contribution in [2.24, 2.45) is 0 Å². The fraction of sp³-hybridized carbons (Fsp3) is 0.188. The first-order valence-corrected chi connectivity index (χ1v) is 7.85. The molecule has 0 fully saturated rings. The number of nitrogens with two attached hydrogens (primary N) is 1. The minimum atomic E-state index is -1.10. The standard InChI is InChI=1S/C16H17N7O3/c17-14-13-11(15(24)19-4-1-5-20-16(25)26)8-12(23(13)22-9-21-14)10-2-6-18-7-3-10/h2-3,6-9,20H,1,4-5H2,(H,19,24)(H,25,26)(H2,17,21,22). The number of nitrogens with zero attached hydrogens (tertiary/aromatic N) is 4. The molecule has 3 rings (SSSR count). The summed E-state index contributed by atoms with van der Waals surface area (Å²) in [6, 6.07) is 5.30. The smallest absolute Gasteiger partial charge is 0.404 e. The van der Waals surface area contributed by atoms with Crippen LogP contribution >= 0.6 is 0 Å². The molecule has 0 bridgehead atoms. The Bertz CT molecular complexity index is 940. The van der Waals surface area contributed by atoms with Gasteiger partial charge in [0.1, 0.15) is 11.8 Å². The highest BCUT2D eigenvalue weighted by atomic mass is 16.4. The van der Waals surface area contributed by atoms with Crippen LogP contribution in [0, 0.1) is 0 Å². The molecule has 10 heteroatoms. The molecule has 0 atom stereocenters. The zero-order valence-corrected chi connectivity index (χ0v) is 13.7. The normalized spacial score (nSPS) is 10.6. The molecular weight excluding hydrogens is 338 g/mol. The molecule has 26 heavy (non-hydrogen) atoms. The Kier molecular flexibility index (Phi) is 4.92. The van der Waals surface area contributed by atoms with E-state index in [4.69, 9.17) is 10.8 Å². The second-order valence-corrected chi connectivity index (χ2v) is 5.43. The Balaban J connectivity index is 1.86. The number of carbonyl (C=O) groups is 2. The Hall–Kier alpha value is -3.69. The van der Waals surface area contributed by atoms with Gasteiger partial charge in [-0.25, -0.2) is 14.3 Å². The van der Waals surface area contributed by atoms with Gasteiger partial charge in [-0.3, -0.25) is 9.78 Å². The molecule has 0 aliphatic rings. The van der Waals surface area contributed by atoms with Gasteiger partial charge in [-0.05, 0) is 24.6 Å². The van der Waals surface area contributed by atoms with Crippen LogP contribution in [0.4, 0.5) is 10.6 Å².